The zero-order valence-corrected chi connectivity index (χ0v) is 12.3. The van der Waals surface area contributed by atoms with E-state index in [0.717, 1.165) is 11.3 Å². The van der Waals surface area contributed by atoms with E-state index in [0.29, 0.717) is 19.5 Å². The van der Waals surface area contributed by atoms with Crippen LogP contribution < -0.4 is 10.1 Å². The van der Waals surface area contributed by atoms with Crippen LogP contribution in [0.1, 0.15) is 18.9 Å². The molecule has 0 fully saturated rings. The van der Waals surface area contributed by atoms with Crippen molar-refractivity contribution in [3.8, 4) is 5.75 Å². The Bertz CT molecular complexity index is 403. The maximum atomic E-state index is 11.5. The van der Waals surface area contributed by atoms with Gasteiger partial charge in [-0.25, -0.2) is 0 Å². The number of ether oxygens (including phenoxy) is 2. The van der Waals surface area contributed by atoms with Crippen LogP contribution in [0.2, 0.25) is 0 Å². The third-order valence-corrected chi connectivity index (χ3v) is 3.21. The first-order valence-electron chi connectivity index (χ1n) is 6.68. The van der Waals surface area contributed by atoms with Gasteiger partial charge in [0.25, 0.3) is 0 Å². The van der Waals surface area contributed by atoms with Gasteiger partial charge >= 0.3 is 5.97 Å². The number of carbonyl (C=O) groups excluding carboxylic acids is 1. The Morgan fingerprint density at radius 3 is 2.45 bits per heavy atom. The molecule has 0 saturated heterocycles. The van der Waals surface area contributed by atoms with Crippen LogP contribution in [-0.2, 0) is 16.1 Å². The van der Waals surface area contributed by atoms with Crippen molar-refractivity contribution in [2.75, 3.05) is 20.8 Å². The highest BCUT2D eigenvalue weighted by atomic mass is 16.5. The number of benzene rings is 1. The molecular weight excluding hydrogens is 258 g/mol. The van der Waals surface area contributed by atoms with Gasteiger partial charge in [-0.3, -0.25) is 4.79 Å². The molecule has 2 N–H and O–H groups in total. The van der Waals surface area contributed by atoms with Crippen molar-refractivity contribution in [2.24, 2.45) is 5.92 Å². The average Bonchev–Trinajstić information content (AvgIpc) is 2.46. The molecule has 0 aliphatic heterocycles. The van der Waals surface area contributed by atoms with Gasteiger partial charge in [-0.15, -0.1) is 0 Å². The van der Waals surface area contributed by atoms with E-state index >= 15 is 0 Å². The molecule has 20 heavy (non-hydrogen) atoms. The Labute approximate surface area is 119 Å². The van der Waals surface area contributed by atoms with Gasteiger partial charge in [-0.05, 0) is 37.6 Å². The molecule has 0 aliphatic carbocycles. The van der Waals surface area contributed by atoms with Gasteiger partial charge in [0.15, 0.2) is 0 Å². The van der Waals surface area contributed by atoms with Gasteiger partial charge in [-0.1, -0.05) is 12.1 Å². The zero-order valence-electron chi connectivity index (χ0n) is 12.3. The highest BCUT2D eigenvalue weighted by molar-refractivity contribution is 5.72. The molecule has 0 saturated carbocycles. The number of aliphatic hydroxyl groups is 1. The van der Waals surface area contributed by atoms with Gasteiger partial charge in [0.2, 0.25) is 0 Å². The number of nitrogens with one attached hydrogen (secondary N) is 1. The number of methoxy groups -OCH3 is 2. The minimum absolute atomic E-state index is 0.369. The fraction of sp³-hybridized carbons (Fsp3) is 0.533. The van der Waals surface area contributed by atoms with E-state index < -0.39 is 12.0 Å². The Kier molecular flexibility index (Phi) is 7.04. The van der Waals surface area contributed by atoms with E-state index in [9.17, 15) is 9.90 Å². The lowest BCUT2D eigenvalue weighted by Crippen LogP contribution is -2.30. The summed E-state index contributed by atoms with van der Waals surface area (Å²) in [6, 6.07) is 7.78. The maximum Gasteiger partial charge on any atom is 0.311 e. The fourth-order valence-corrected chi connectivity index (χ4v) is 1.94. The molecule has 0 aliphatic rings. The van der Waals surface area contributed by atoms with E-state index in [-0.39, 0.29) is 5.97 Å². The van der Waals surface area contributed by atoms with Crippen LogP contribution in [0, 0.1) is 5.92 Å². The topological polar surface area (TPSA) is 67.8 Å². The van der Waals surface area contributed by atoms with Crippen LogP contribution in [0.3, 0.4) is 0 Å². The summed E-state index contributed by atoms with van der Waals surface area (Å²) in [7, 11) is 2.97. The molecular formula is C15H23NO4. The number of rotatable bonds is 8. The van der Waals surface area contributed by atoms with Gasteiger partial charge in [0, 0.05) is 6.54 Å². The lowest BCUT2D eigenvalue weighted by molar-refractivity contribution is -0.149. The summed E-state index contributed by atoms with van der Waals surface area (Å²) >= 11 is 0. The smallest absolute Gasteiger partial charge is 0.311 e. The first kappa shape index (κ1) is 16.5. The molecule has 112 valence electrons. The van der Waals surface area contributed by atoms with Crippen molar-refractivity contribution in [2.45, 2.75) is 26.0 Å². The predicted octanol–water partition coefficient (Wildman–Crippen LogP) is 1.34. The van der Waals surface area contributed by atoms with E-state index in [1.807, 2.05) is 24.3 Å². The normalized spacial score (nSPS) is 13.6. The average molecular weight is 281 g/mol. The summed E-state index contributed by atoms with van der Waals surface area (Å²) in [6.07, 6.45) is -0.161. The zero-order chi connectivity index (χ0) is 15.0. The van der Waals surface area contributed by atoms with Crippen molar-refractivity contribution in [1.29, 1.82) is 0 Å². The fourth-order valence-electron chi connectivity index (χ4n) is 1.94. The molecule has 0 bridgehead atoms. The third kappa shape index (κ3) is 5.19. The first-order valence-corrected chi connectivity index (χ1v) is 6.68. The van der Waals surface area contributed by atoms with Gasteiger partial charge < -0.3 is 19.9 Å². The summed E-state index contributed by atoms with van der Waals surface area (Å²) in [5.74, 6) is -0.0248. The van der Waals surface area contributed by atoms with Crippen LogP contribution in [-0.4, -0.2) is 37.9 Å². The molecule has 0 aromatic heterocycles. The van der Waals surface area contributed by atoms with Crippen molar-refractivity contribution >= 4 is 5.97 Å². The predicted molar refractivity (Wildman–Crippen MR) is 76.5 cm³/mol. The monoisotopic (exact) mass is 281 g/mol. The molecule has 5 nitrogen and oxygen atoms in total. The number of aliphatic hydroxyl groups excluding tert-OH is 1. The van der Waals surface area contributed by atoms with E-state index in [1.165, 1.54) is 7.11 Å². The molecule has 5 heteroatoms. The quantitative estimate of drug-likeness (QED) is 0.556. The van der Waals surface area contributed by atoms with Crippen LogP contribution in [0.15, 0.2) is 24.3 Å². The lowest BCUT2D eigenvalue weighted by Gasteiger charge is -2.17. The Balaban J connectivity index is 2.34. The largest absolute Gasteiger partial charge is 0.497 e. The first-order chi connectivity index (χ1) is 9.58. The summed E-state index contributed by atoms with van der Waals surface area (Å²) in [4.78, 5) is 11.5. The second kappa shape index (κ2) is 8.55. The third-order valence-electron chi connectivity index (χ3n) is 3.21. The summed E-state index contributed by atoms with van der Waals surface area (Å²) in [5.41, 5.74) is 1.14. The summed E-state index contributed by atoms with van der Waals surface area (Å²) in [5, 5.41) is 12.8. The number of hydrogen-bond acceptors (Lipinski definition) is 5. The SMILES string of the molecule is COC(=O)C(CCNCc1ccc(OC)cc1)C(C)O. The Hall–Kier alpha value is -1.59. The van der Waals surface area contributed by atoms with Crippen molar-refractivity contribution in [3.05, 3.63) is 29.8 Å². The Morgan fingerprint density at radius 1 is 1.30 bits per heavy atom. The van der Waals surface area contributed by atoms with Crippen molar-refractivity contribution in [3.63, 3.8) is 0 Å². The summed E-state index contributed by atoms with van der Waals surface area (Å²) in [6.45, 7) is 2.94. The van der Waals surface area contributed by atoms with Gasteiger partial charge in [-0.2, -0.15) is 0 Å². The van der Waals surface area contributed by atoms with E-state index in [2.05, 4.69) is 10.1 Å². The summed E-state index contributed by atoms with van der Waals surface area (Å²) < 4.78 is 9.77. The van der Waals surface area contributed by atoms with Crippen LogP contribution in [0.25, 0.3) is 0 Å². The van der Waals surface area contributed by atoms with Gasteiger partial charge in [0.05, 0.1) is 26.2 Å². The van der Waals surface area contributed by atoms with Crippen molar-refractivity contribution in [1.82, 2.24) is 5.32 Å². The highest BCUT2D eigenvalue weighted by Gasteiger charge is 2.23. The van der Waals surface area contributed by atoms with Crippen molar-refractivity contribution < 1.29 is 19.4 Å². The maximum absolute atomic E-state index is 11.5. The second-order valence-electron chi connectivity index (χ2n) is 4.68. The van der Waals surface area contributed by atoms with E-state index in [1.54, 1.807) is 14.0 Å². The van der Waals surface area contributed by atoms with Crippen LogP contribution in [0.5, 0.6) is 5.75 Å². The Morgan fingerprint density at radius 2 is 1.95 bits per heavy atom. The minimum Gasteiger partial charge on any atom is -0.497 e. The standard InChI is InChI=1S/C15H23NO4/c1-11(17)14(15(18)20-3)8-9-16-10-12-4-6-13(19-2)7-5-12/h4-7,11,14,16-17H,8-10H2,1-3H3. The molecule has 0 radical (unpaired) electrons. The molecule has 1 aromatic carbocycles. The number of esters is 1. The molecule has 0 spiro atoms. The molecule has 1 aromatic rings. The molecule has 2 atom stereocenters. The lowest BCUT2D eigenvalue weighted by atomic mass is 10.00. The molecule has 0 amide bonds. The van der Waals surface area contributed by atoms with Crippen LogP contribution >= 0.6 is 0 Å². The minimum atomic E-state index is -0.703. The van der Waals surface area contributed by atoms with E-state index in [4.69, 9.17) is 4.74 Å². The molecule has 1 rings (SSSR count). The highest BCUT2D eigenvalue weighted by Crippen LogP contribution is 2.12. The van der Waals surface area contributed by atoms with Gasteiger partial charge in [0.1, 0.15) is 5.75 Å². The van der Waals surface area contributed by atoms with Crippen LogP contribution in [0.4, 0.5) is 0 Å². The number of carbonyl (C=O) groups is 1. The molecule has 0 heterocycles. The molecule has 2 unspecified atom stereocenters. The second-order valence-corrected chi connectivity index (χ2v) is 4.68. The number of hydrogen-bond donors (Lipinski definition) is 2.